The quantitative estimate of drug-likeness (QED) is 0.516. The maximum absolute atomic E-state index is 12.4. The summed E-state index contributed by atoms with van der Waals surface area (Å²) in [6.07, 6.45) is 0.0516. The monoisotopic (exact) mass is 421 g/mol. The molecule has 6 nitrogen and oxygen atoms in total. The van der Waals surface area contributed by atoms with Crippen LogP contribution < -0.4 is 9.47 Å². The van der Waals surface area contributed by atoms with Crippen LogP contribution in [0.4, 0.5) is 0 Å². The van der Waals surface area contributed by atoms with E-state index in [1.807, 2.05) is 61.5 Å². The molecule has 0 bridgehead atoms. The number of carbonyl (C=O) groups excluding carboxylic acids is 2. The molecular formula is C25H27NO5. The first-order valence-electron chi connectivity index (χ1n) is 9.99. The van der Waals surface area contributed by atoms with Crippen LogP contribution in [0.1, 0.15) is 16.7 Å². The van der Waals surface area contributed by atoms with Crippen LogP contribution in [0.5, 0.6) is 11.5 Å². The summed E-state index contributed by atoms with van der Waals surface area (Å²) in [7, 11) is 4.89. The van der Waals surface area contributed by atoms with Crippen molar-refractivity contribution >= 4 is 22.6 Å². The second-order valence-corrected chi connectivity index (χ2v) is 7.45. The molecule has 162 valence electrons. The molecule has 3 aromatic rings. The fraction of sp³-hybridized carbons (Fsp3) is 0.280. The molecule has 0 N–H and O–H groups in total. The van der Waals surface area contributed by atoms with Crippen molar-refractivity contribution < 1.29 is 23.8 Å². The third-order valence-corrected chi connectivity index (χ3v) is 5.08. The summed E-state index contributed by atoms with van der Waals surface area (Å²) in [5.74, 6) is 0.697. The van der Waals surface area contributed by atoms with Crippen molar-refractivity contribution in [2.75, 3.05) is 27.9 Å². The summed E-state index contributed by atoms with van der Waals surface area (Å²) in [5, 5.41) is 2.13. The minimum atomic E-state index is -0.467. The Labute approximate surface area is 182 Å². The van der Waals surface area contributed by atoms with Crippen LogP contribution in [0, 0.1) is 6.92 Å². The highest BCUT2D eigenvalue weighted by atomic mass is 16.5. The van der Waals surface area contributed by atoms with E-state index < -0.39 is 5.97 Å². The number of fused-ring (bicyclic) bond motifs is 1. The van der Waals surface area contributed by atoms with Crippen LogP contribution in [0.3, 0.4) is 0 Å². The van der Waals surface area contributed by atoms with E-state index in [0.717, 1.165) is 33.2 Å². The van der Waals surface area contributed by atoms with Crippen LogP contribution in [0.15, 0.2) is 54.6 Å². The normalized spacial score (nSPS) is 10.6. The van der Waals surface area contributed by atoms with E-state index in [1.165, 1.54) is 0 Å². The van der Waals surface area contributed by atoms with E-state index in [0.29, 0.717) is 12.3 Å². The van der Waals surface area contributed by atoms with E-state index in [2.05, 4.69) is 0 Å². The van der Waals surface area contributed by atoms with Gasteiger partial charge in [0, 0.05) is 19.2 Å². The number of ether oxygens (including phenoxy) is 3. The van der Waals surface area contributed by atoms with Crippen molar-refractivity contribution in [1.29, 1.82) is 0 Å². The molecule has 1 amide bonds. The van der Waals surface area contributed by atoms with Gasteiger partial charge in [0.15, 0.2) is 6.61 Å². The fourth-order valence-corrected chi connectivity index (χ4v) is 3.37. The molecule has 0 aliphatic heterocycles. The molecule has 0 aliphatic rings. The first-order chi connectivity index (χ1) is 14.9. The SMILES string of the molecule is COc1ccc2cc(CN(C)C(=O)COC(=O)Cc3cc(C)ccc3OC)ccc2c1. The maximum Gasteiger partial charge on any atom is 0.310 e. The summed E-state index contributed by atoms with van der Waals surface area (Å²) in [4.78, 5) is 26.2. The molecule has 0 spiro atoms. The highest BCUT2D eigenvalue weighted by molar-refractivity contribution is 5.85. The minimum Gasteiger partial charge on any atom is -0.497 e. The number of hydrogen-bond donors (Lipinski definition) is 0. The number of carbonyl (C=O) groups is 2. The summed E-state index contributed by atoms with van der Waals surface area (Å²) in [6, 6.07) is 17.5. The molecule has 6 heteroatoms. The second-order valence-electron chi connectivity index (χ2n) is 7.45. The lowest BCUT2D eigenvalue weighted by Crippen LogP contribution is -2.31. The average Bonchev–Trinajstić information content (AvgIpc) is 2.77. The summed E-state index contributed by atoms with van der Waals surface area (Å²) in [5.41, 5.74) is 2.75. The van der Waals surface area contributed by atoms with Gasteiger partial charge in [-0.15, -0.1) is 0 Å². The van der Waals surface area contributed by atoms with Gasteiger partial charge in [-0.3, -0.25) is 9.59 Å². The third-order valence-electron chi connectivity index (χ3n) is 5.08. The number of methoxy groups -OCH3 is 2. The van der Waals surface area contributed by atoms with Crippen LogP contribution in [0.25, 0.3) is 10.8 Å². The van der Waals surface area contributed by atoms with Crippen molar-refractivity contribution in [3.8, 4) is 11.5 Å². The Balaban J connectivity index is 1.55. The highest BCUT2D eigenvalue weighted by Crippen LogP contribution is 2.23. The number of benzene rings is 3. The van der Waals surface area contributed by atoms with Crippen molar-refractivity contribution in [3.05, 3.63) is 71.3 Å². The molecule has 0 fully saturated rings. The van der Waals surface area contributed by atoms with Crippen molar-refractivity contribution in [1.82, 2.24) is 4.90 Å². The fourth-order valence-electron chi connectivity index (χ4n) is 3.37. The first-order valence-corrected chi connectivity index (χ1v) is 9.99. The Morgan fingerprint density at radius 3 is 2.39 bits per heavy atom. The zero-order valence-electron chi connectivity index (χ0n) is 18.3. The number of aryl methyl sites for hydroxylation is 1. The molecule has 0 heterocycles. The van der Waals surface area contributed by atoms with Crippen LogP contribution in [0.2, 0.25) is 0 Å². The Morgan fingerprint density at radius 1 is 0.903 bits per heavy atom. The molecule has 3 rings (SSSR count). The molecule has 0 saturated heterocycles. The zero-order chi connectivity index (χ0) is 22.4. The molecular weight excluding hydrogens is 394 g/mol. The van der Waals surface area contributed by atoms with Gasteiger partial charge in [-0.05, 0) is 47.5 Å². The standard InChI is InChI=1S/C25H27NO5/c1-17-5-10-23(30-4)21(11-17)14-25(28)31-16-24(27)26(2)15-18-6-7-20-13-22(29-3)9-8-19(20)12-18/h5-13H,14-16H2,1-4H3. The lowest BCUT2D eigenvalue weighted by atomic mass is 10.1. The maximum atomic E-state index is 12.4. The van der Waals surface area contributed by atoms with E-state index in [4.69, 9.17) is 14.2 Å². The molecule has 0 aromatic heterocycles. The number of rotatable bonds is 8. The van der Waals surface area contributed by atoms with Gasteiger partial charge in [-0.2, -0.15) is 0 Å². The Bertz CT molecular complexity index is 1090. The number of esters is 1. The molecule has 31 heavy (non-hydrogen) atoms. The first kappa shape index (κ1) is 22.2. The Morgan fingerprint density at radius 2 is 1.65 bits per heavy atom. The van der Waals surface area contributed by atoms with Gasteiger partial charge in [0.2, 0.25) is 0 Å². The predicted molar refractivity (Wildman–Crippen MR) is 119 cm³/mol. The van der Waals surface area contributed by atoms with E-state index in [9.17, 15) is 9.59 Å². The van der Waals surface area contributed by atoms with Gasteiger partial charge >= 0.3 is 5.97 Å². The van der Waals surface area contributed by atoms with Gasteiger partial charge in [0.1, 0.15) is 11.5 Å². The number of amides is 1. The van der Waals surface area contributed by atoms with Crippen LogP contribution in [-0.4, -0.2) is 44.7 Å². The summed E-state index contributed by atoms with van der Waals surface area (Å²) >= 11 is 0. The minimum absolute atomic E-state index is 0.0516. The van der Waals surface area contributed by atoms with Gasteiger partial charge in [-0.1, -0.05) is 35.9 Å². The topological polar surface area (TPSA) is 65.1 Å². The zero-order valence-corrected chi connectivity index (χ0v) is 18.3. The Hall–Kier alpha value is -3.54. The lowest BCUT2D eigenvalue weighted by Gasteiger charge is -2.18. The second kappa shape index (κ2) is 9.98. The van der Waals surface area contributed by atoms with E-state index >= 15 is 0 Å². The number of nitrogens with zero attached hydrogens (tertiary/aromatic N) is 1. The summed E-state index contributed by atoms with van der Waals surface area (Å²) in [6.45, 7) is 2.06. The average molecular weight is 421 g/mol. The van der Waals surface area contributed by atoms with Gasteiger partial charge in [0.25, 0.3) is 5.91 Å². The van der Waals surface area contributed by atoms with Crippen molar-refractivity contribution in [2.24, 2.45) is 0 Å². The molecule has 0 unspecified atom stereocenters. The molecule has 0 saturated carbocycles. The molecule has 3 aromatic carbocycles. The van der Waals surface area contributed by atoms with Gasteiger partial charge in [0.05, 0.1) is 20.6 Å². The number of likely N-dealkylation sites (N-methyl/N-ethyl adjacent to an activating group) is 1. The smallest absolute Gasteiger partial charge is 0.310 e. The molecule has 0 aliphatic carbocycles. The van der Waals surface area contributed by atoms with Crippen LogP contribution in [-0.2, 0) is 27.3 Å². The van der Waals surface area contributed by atoms with E-state index in [1.54, 1.807) is 26.2 Å². The molecule has 0 radical (unpaired) electrons. The Kier molecular flexibility index (Phi) is 7.13. The van der Waals surface area contributed by atoms with Crippen molar-refractivity contribution in [3.63, 3.8) is 0 Å². The highest BCUT2D eigenvalue weighted by Gasteiger charge is 2.15. The van der Waals surface area contributed by atoms with Crippen molar-refractivity contribution in [2.45, 2.75) is 19.9 Å². The predicted octanol–water partition coefficient (Wildman–Crippen LogP) is 3.91. The number of hydrogen-bond acceptors (Lipinski definition) is 5. The van der Waals surface area contributed by atoms with Gasteiger partial charge < -0.3 is 19.1 Å². The summed E-state index contributed by atoms with van der Waals surface area (Å²) < 4.78 is 15.7. The van der Waals surface area contributed by atoms with Gasteiger partial charge in [-0.25, -0.2) is 0 Å². The third kappa shape index (κ3) is 5.75. The van der Waals surface area contributed by atoms with E-state index in [-0.39, 0.29) is 18.9 Å². The van der Waals surface area contributed by atoms with Crippen LogP contribution >= 0.6 is 0 Å². The molecule has 0 atom stereocenters. The lowest BCUT2D eigenvalue weighted by molar-refractivity contribution is -0.151. The largest absolute Gasteiger partial charge is 0.497 e.